The molecule has 1 aromatic carbocycles. The van der Waals surface area contributed by atoms with Gasteiger partial charge in [0.05, 0.1) is 0 Å². The van der Waals surface area contributed by atoms with Crippen molar-refractivity contribution >= 4 is 5.91 Å². The average Bonchev–Trinajstić information content (AvgIpc) is 2.41. The Morgan fingerprint density at radius 3 is 2.79 bits per heavy atom. The zero-order valence-corrected chi connectivity index (χ0v) is 11.9. The first-order valence-corrected chi connectivity index (χ1v) is 6.90. The van der Waals surface area contributed by atoms with Crippen LogP contribution in [0.2, 0.25) is 0 Å². The van der Waals surface area contributed by atoms with Crippen LogP contribution >= 0.6 is 0 Å². The molecule has 1 fully saturated rings. The second-order valence-electron chi connectivity index (χ2n) is 4.59. The van der Waals surface area contributed by atoms with Crippen molar-refractivity contribution in [1.29, 1.82) is 0 Å². The van der Waals surface area contributed by atoms with E-state index in [1.807, 2.05) is 20.9 Å². The van der Waals surface area contributed by atoms with Crippen LogP contribution in [0.3, 0.4) is 0 Å². The summed E-state index contributed by atoms with van der Waals surface area (Å²) in [7, 11) is 2.04. The Kier molecular flexibility index (Phi) is 6.50. The van der Waals surface area contributed by atoms with Crippen molar-refractivity contribution in [3.8, 4) is 0 Å². The molecule has 1 heterocycles. The standard InChI is InChI=1S/C13H17FN2O.C2H6/c1-16-7-3-6-12(9-16)15-13(17)10-4-2-5-11(14)8-10;1-2/h2,4-5,8,12H,3,6-7,9H2,1H3,(H,15,17);1-2H3/t12-;/m1./s1. The number of benzene rings is 1. The number of nitrogens with one attached hydrogen (secondary N) is 1. The summed E-state index contributed by atoms with van der Waals surface area (Å²) < 4.78 is 13.0. The maximum Gasteiger partial charge on any atom is 0.251 e. The fourth-order valence-electron chi connectivity index (χ4n) is 2.18. The van der Waals surface area contributed by atoms with Crippen molar-refractivity contribution in [1.82, 2.24) is 10.2 Å². The molecule has 1 N–H and O–H groups in total. The number of halogens is 1. The second-order valence-corrected chi connectivity index (χ2v) is 4.59. The van der Waals surface area contributed by atoms with Gasteiger partial charge >= 0.3 is 0 Å². The Hall–Kier alpha value is -1.42. The van der Waals surface area contributed by atoms with E-state index in [0.29, 0.717) is 5.56 Å². The van der Waals surface area contributed by atoms with Crippen LogP contribution in [-0.2, 0) is 0 Å². The third-order valence-electron chi connectivity index (χ3n) is 3.05. The molecule has 0 saturated carbocycles. The van der Waals surface area contributed by atoms with E-state index in [0.717, 1.165) is 25.9 Å². The average molecular weight is 266 g/mol. The molecule has 1 aliphatic rings. The highest BCUT2D eigenvalue weighted by molar-refractivity contribution is 5.94. The Labute approximate surface area is 114 Å². The highest BCUT2D eigenvalue weighted by Crippen LogP contribution is 2.09. The molecule has 106 valence electrons. The number of rotatable bonds is 2. The van der Waals surface area contributed by atoms with Crippen LogP contribution < -0.4 is 5.32 Å². The fraction of sp³-hybridized carbons (Fsp3) is 0.533. The van der Waals surface area contributed by atoms with Gasteiger partial charge in [-0.15, -0.1) is 0 Å². The van der Waals surface area contributed by atoms with Crippen LogP contribution in [0.15, 0.2) is 24.3 Å². The van der Waals surface area contributed by atoms with Crippen molar-refractivity contribution in [2.75, 3.05) is 20.1 Å². The number of likely N-dealkylation sites (tertiary alicyclic amines) is 1. The molecule has 0 aliphatic carbocycles. The van der Waals surface area contributed by atoms with E-state index in [9.17, 15) is 9.18 Å². The van der Waals surface area contributed by atoms with E-state index in [-0.39, 0.29) is 17.8 Å². The van der Waals surface area contributed by atoms with Gasteiger partial charge in [-0.05, 0) is 44.6 Å². The number of carbonyl (C=O) groups excluding carboxylic acids is 1. The highest BCUT2D eigenvalue weighted by Gasteiger charge is 2.19. The SMILES string of the molecule is CC.CN1CCC[C@@H](NC(=O)c2cccc(F)c2)C1. The predicted molar refractivity (Wildman–Crippen MR) is 75.7 cm³/mol. The zero-order chi connectivity index (χ0) is 14.3. The van der Waals surface area contributed by atoms with Crippen LogP contribution in [-0.4, -0.2) is 37.0 Å². The van der Waals surface area contributed by atoms with Crippen molar-refractivity contribution in [3.63, 3.8) is 0 Å². The van der Waals surface area contributed by atoms with Crippen molar-refractivity contribution in [2.45, 2.75) is 32.7 Å². The lowest BCUT2D eigenvalue weighted by Crippen LogP contribution is -2.46. The molecule has 3 nitrogen and oxygen atoms in total. The Morgan fingerprint density at radius 1 is 1.42 bits per heavy atom. The van der Waals surface area contributed by atoms with Gasteiger partial charge in [0, 0.05) is 18.2 Å². The van der Waals surface area contributed by atoms with E-state index < -0.39 is 0 Å². The number of hydrogen-bond acceptors (Lipinski definition) is 2. The van der Waals surface area contributed by atoms with Crippen molar-refractivity contribution < 1.29 is 9.18 Å². The smallest absolute Gasteiger partial charge is 0.251 e. The molecule has 4 heteroatoms. The van der Waals surface area contributed by atoms with Crippen LogP contribution in [0.5, 0.6) is 0 Å². The third kappa shape index (κ3) is 4.99. The predicted octanol–water partition coefficient (Wildman–Crippen LogP) is 2.68. The number of hydrogen-bond donors (Lipinski definition) is 1. The number of amides is 1. The normalized spacial score (nSPS) is 19.3. The molecule has 1 aromatic rings. The van der Waals surface area contributed by atoms with Gasteiger partial charge in [0.2, 0.25) is 0 Å². The van der Waals surface area contributed by atoms with Crippen molar-refractivity contribution in [3.05, 3.63) is 35.6 Å². The molecule has 1 saturated heterocycles. The first-order valence-electron chi connectivity index (χ1n) is 6.90. The minimum Gasteiger partial charge on any atom is -0.348 e. The summed E-state index contributed by atoms with van der Waals surface area (Å²) in [5.74, 6) is -0.566. The second kappa shape index (κ2) is 7.89. The zero-order valence-electron chi connectivity index (χ0n) is 11.9. The first kappa shape index (κ1) is 15.6. The van der Waals surface area contributed by atoms with Gasteiger partial charge in [0.15, 0.2) is 0 Å². The number of likely N-dealkylation sites (N-methyl/N-ethyl adjacent to an activating group) is 1. The summed E-state index contributed by atoms with van der Waals surface area (Å²) in [6.07, 6.45) is 2.08. The summed E-state index contributed by atoms with van der Waals surface area (Å²) in [6, 6.07) is 5.96. The van der Waals surface area contributed by atoms with Gasteiger partial charge in [-0.2, -0.15) is 0 Å². The molecule has 0 radical (unpaired) electrons. The fourth-order valence-corrected chi connectivity index (χ4v) is 2.18. The van der Waals surface area contributed by atoms with Gasteiger partial charge < -0.3 is 10.2 Å². The summed E-state index contributed by atoms with van der Waals surface area (Å²) in [5.41, 5.74) is 0.387. The highest BCUT2D eigenvalue weighted by atomic mass is 19.1. The van der Waals surface area contributed by atoms with Crippen LogP contribution in [0.4, 0.5) is 4.39 Å². The first-order chi connectivity index (χ1) is 9.15. The lowest BCUT2D eigenvalue weighted by molar-refractivity contribution is 0.0912. The molecule has 1 atom stereocenters. The molecular weight excluding hydrogens is 243 g/mol. The van der Waals surface area contributed by atoms with Gasteiger partial charge in [-0.1, -0.05) is 19.9 Å². The summed E-state index contributed by atoms with van der Waals surface area (Å²) in [5, 5.41) is 2.95. The number of piperidine rings is 1. The summed E-state index contributed by atoms with van der Waals surface area (Å²) in [6.45, 7) is 5.94. The van der Waals surface area contributed by atoms with E-state index in [1.54, 1.807) is 12.1 Å². The molecule has 2 rings (SSSR count). The van der Waals surface area contributed by atoms with Gasteiger partial charge in [-0.25, -0.2) is 4.39 Å². The molecule has 19 heavy (non-hydrogen) atoms. The Morgan fingerprint density at radius 2 is 2.16 bits per heavy atom. The molecular formula is C15H23FN2O. The summed E-state index contributed by atoms with van der Waals surface area (Å²) in [4.78, 5) is 14.1. The van der Waals surface area contributed by atoms with Crippen LogP contribution in [0, 0.1) is 5.82 Å². The maximum absolute atomic E-state index is 13.0. The molecule has 0 spiro atoms. The van der Waals surface area contributed by atoms with Crippen LogP contribution in [0.25, 0.3) is 0 Å². The van der Waals surface area contributed by atoms with Crippen LogP contribution in [0.1, 0.15) is 37.0 Å². The molecule has 0 aromatic heterocycles. The largest absolute Gasteiger partial charge is 0.348 e. The quantitative estimate of drug-likeness (QED) is 0.892. The van der Waals surface area contributed by atoms with Gasteiger partial charge in [-0.3, -0.25) is 4.79 Å². The monoisotopic (exact) mass is 266 g/mol. The van der Waals surface area contributed by atoms with E-state index in [1.165, 1.54) is 12.1 Å². The Balaban J connectivity index is 0.000000861. The lowest BCUT2D eigenvalue weighted by Gasteiger charge is -2.30. The molecule has 1 amide bonds. The topological polar surface area (TPSA) is 32.3 Å². The minimum atomic E-state index is -0.376. The van der Waals surface area contributed by atoms with E-state index in [2.05, 4.69) is 10.2 Å². The number of carbonyl (C=O) groups is 1. The van der Waals surface area contributed by atoms with Crippen molar-refractivity contribution in [2.24, 2.45) is 0 Å². The van der Waals surface area contributed by atoms with Gasteiger partial charge in [0.1, 0.15) is 5.82 Å². The molecule has 0 bridgehead atoms. The van der Waals surface area contributed by atoms with E-state index >= 15 is 0 Å². The minimum absolute atomic E-state index is 0.171. The Bertz CT molecular complexity index is 409. The van der Waals surface area contributed by atoms with E-state index in [4.69, 9.17) is 0 Å². The third-order valence-corrected chi connectivity index (χ3v) is 3.05. The molecule has 1 aliphatic heterocycles. The van der Waals surface area contributed by atoms with Gasteiger partial charge in [0.25, 0.3) is 5.91 Å². The lowest BCUT2D eigenvalue weighted by atomic mass is 10.1. The maximum atomic E-state index is 13.0. The summed E-state index contributed by atoms with van der Waals surface area (Å²) >= 11 is 0. The number of nitrogens with zero attached hydrogens (tertiary/aromatic N) is 1. The molecule has 0 unspecified atom stereocenters.